The third kappa shape index (κ3) is 3.38. The summed E-state index contributed by atoms with van der Waals surface area (Å²) in [5.41, 5.74) is 1.11. The molecule has 1 heterocycles. The topological polar surface area (TPSA) is 38.3 Å². The van der Waals surface area contributed by atoms with Crippen molar-refractivity contribution in [2.45, 2.75) is 32.9 Å². The van der Waals surface area contributed by atoms with Crippen LogP contribution in [0.2, 0.25) is 0 Å². The van der Waals surface area contributed by atoms with Crippen molar-refractivity contribution in [1.82, 2.24) is 5.32 Å². The molecule has 1 atom stereocenters. The number of carbonyl (C=O) groups is 1. The van der Waals surface area contributed by atoms with Gasteiger partial charge in [0, 0.05) is 0 Å². The molecule has 4 heteroatoms. The maximum Gasteiger partial charge on any atom is 0.407 e. The summed E-state index contributed by atoms with van der Waals surface area (Å²) >= 11 is 1.62. The predicted octanol–water partition coefficient (Wildman–Crippen LogP) is 2.94. The smallest absolute Gasteiger partial charge is 0.407 e. The zero-order valence-corrected chi connectivity index (χ0v) is 9.43. The molecule has 3 nitrogen and oxygen atoms in total. The molecule has 0 spiro atoms. The Bertz CT molecular complexity index is 282. The zero-order valence-electron chi connectivity index (χ0n) is 8.61. The van der Waals surface area contributed by atoms with Crippen LogP contribution in [-0.4, -0.2) is 12.2 Å². The molecule has 1 unspecified atom stereocenters. The number of nitrogens with one attached hydrogen (secondary N) is 1. The molecule has 14 heavy (non-hydrogen) atoms. The van der Waals surface area contributed by atoms with E-state index in [1.807, 2.05) is 37.6 Å². The zero-order chi connectivity index (χ0) is 10.6. The molecule has 1 amide bonds. The fourth-order valence-corrected chi connectivity index (χ4v) is 1.78. The Morgan fingerprint density at radius 3 is 2.71 bits per heavy atom. The second kappa shape index (κ2) is 5.00. The van der Waals surface area contributed by atoms with Crippen molar-refractivity contribution in [2.75, 3.05) is 0 Å². The average molecular weight is 213 g/mol. The quantitative estimate of drug-likeness (QED) is 0.838. The molecule has 0 aliphatic rings. The summed E-state index contributed by atoms with van der Waals surface area (Å²) in [6.45, 7) is 5.59. The van der Waals surface area contributed by atoms with E-state index in [1.165, 1.54) is 0 Å². The van der Waals surface area contributed by atoms with Crippen LogP contribution < -0.4 is 5.32 Å². The highest BCUT2D eigenvalue weighted by Gasteiger charge is 2.11. The molecule has 0 saturated heterocycles. The van der Waals surface area contributed by atoms with Gasteiger partial charge in [-0.1, -0.05) is 0 Å². The van der Waals surface area contributed by atoms with Gasteiger partial charge in [0.15, 0.2) is 0 Å². The minimum Gasteiger partial charge on any atom is -0.447 e. The Morgan fingerprint density at radius 1 is 1.50 bits per heavy atom. The van der Waals surface area contributed by atoms with Gasteiger partial charge < -0.3 is 10.1 Å². The van der Waals surface area contributed by atoms with Gasteiger partial charge in [0.1, 0.15) is 0 Å². The minimum atomic E-state index is -0.362. The Labute approximate surface area is 88.1 Å². The highest BCUT2D eigenvalue weighted by Crippen LogP contribution is 2.15. The molecule has 1 N–H and O–H groups in total. The van der Waals surface area contributed by atoms with E-state index in [-0.39, 0.29) is 18.2 Å². The van der Waals surface area contributed by atoms with E-state index in [2.05, 4.69) is 5.32 Å². The fraction of sp³-hybridized carbons (Fsp3) is 0.500. The van der Waals surface area contributed by atoms with Gasteiger partial charge in [0.2, 0.25) is 0 Å². The summed E-state index contributed by atoms with van der Waals surface area (Å²) in [4.78, 5) is 11.2. The lowest BCUT2D eigenvalue weighted by molar-refractivity contribution is 0.113. The first-order valence-corrected chi connectivity index (χ1v) is 5.53. The highest BCUT2D eigenvalue weighted by atomic mass is 32.1. The monoisotopic (exact) mass is 213 g/mol. The first-order chi connectivity index (χ1) is 6.59. The third-order valence-corrected chi connectivity index (χ3v) is 2.42. The van der Waals surface area contributed by atoms with E-state index in [0.717, 1.165) is 5.56 Å². The van der Waals surface area contributed by atoms with Crippen LogP contribution in [0.5, 0.6) is 0 Å². The Kier molecular flexibility index (Phi) is 3.95. The number of alkyl carbamates (subject to hydrolysis) is 1. The number of rotatable bonds is 3. The summed E-state index contributed by atoms with van der Waals surface area (Å²) in [6.07, 6.45) is -0.441. The van der Waals surface area contributed by atoms with Crippen LogP contribution in [0.4, 0.5) is 4.79 Å². The van der Waals surface area contributed by atoms with Crippen molar-refractivity contribution in [1.29, 1.82) is 0 Å². The van der Waals surface area contributed by atoms with Crippen LogP contribution in [0, 0.1) is 0 Å². The number of hydrogen-bond acceptors (Lipinski definition) is 3. The van der Waals surface area contributed by atoms with E-state index >= 15 is 0 Å². The van der Waals surface area contributed by atoms with Crippen molar-refractivity contribution in [3.8, 4) is 0 Å². The molecular formula is C10H15NO2S. The summed E-state index contributed by atoms with van der Waals surface area (Å²) in [6, 6.07) is 2.00. The largest absolute Gasteiger partial charge is 0.447 e. The van der Waals surface area contributed by atoms with Gasteiger partial charge in [-0.3, -0.25) is 0 Å². The molecule has 1 aromatic heterocycles. The van der Waals surface area contributed by atoms with Gasteiger partial charge >= 0.3 is 6.09 Å². The molecule has 0 bridgehead atoms. The molecule has 1 aromatic rings. The van der Waals surface area contributed by atoms with Crippen molar-refractivity contribution in [2.24, 2.45) is 0 Å². The molecule has 0 aromatic carbocycles. The SMILES string of the molecule is CC(C)OC(=O)NC(C)c1ccsc1. The molecule has 78 valence electrons. The van der Waals surface area contributed by atoms with Gasteiger partial charge in [-0.2, -0.15) is 11.3 Å². The molecule has 0 radical (unpaired) electrons. The van der Waals surface area contributed by atoms with Crippen molar-refractivity contribution >= 4 is 17.4 Å². The van der Waals surface area contributed by atoms with Gasteiger partial charge in [0.25, 0.3) is 0 Å². The molecule has 0 saturated carbocycles. The lowest BCUT2D eigenvalue weighted by Crippen LogP contribution is -2.29. The first kappa shape index (κ1) is 11.0. The van der Waals surface area contributed by atoms with Gasteiger partial charge in [-0.05, 0) is 43.2 Å². The normalized spacial score (nSPS) is 12.6. The van der Waals surface area contributed by atoms with E-state index in [4.69, 9.17) is 4.74 Å². The van der Waals surface area contributed by atoms with Gasteiger partial charge in [-0.25, -0.2) is 4.79 Å². The lowest BCUT2D eigenvalue weighted by Gasteiger charge is -2.14. The summed E-state index contributed by atoms with van der Waals surface area (Å²) in [5, 5.41) is 6.76. The highest BCUT2D eigenvalue weighted by molar-refractivity contribution is 7.07. The second-order valence-electron chi connectivity index (χ2n) is 3.38. The molecule has 1 rings (SSSR count). The number of carbonyl (C=O) groups excluding carboxylic acids is 1. The van der Waals surface area contributed by atoms with E-state index in [1.54, 1.807) is 11.3 Å². The maximum absolute atomic E-state index is 11.2. The molecule has 0 fully saturated rings. The fourth-order valence-electron chi connectivity index (χ4n) is 1.03. The predicted molar refractivity (Wildman–Crippen MR) is 57.5 cm³/mol. The van der Waals surface area contributed by atoms with Gasteiger partial charge in [-0.15, -0.1) is 0 Å². The van der Waals surface area contributed by atoms with E-state index in [0.29, 0.717) is 0 Å². The van der Waals surface area contributed by atoms with Crippen LogP contribution in [0.15, 0.2) is 16.8 Å². The standard InChI is InChI=1S/C10H15NO2S/c1-7(2)13-10(12)11-8(3)9-4-5-14-6-9/h4-8H,1-3H3,(H,11,12). The summed E-state index contributed by atoms with van der Waals surface area (Å²) < 4.78 is 4.97. The first-order valence-electron chi connectivity index (χ1n) is 4.59. The number of hydrogen-bond donors (Lipinski definition) is 1. The Morgan fingerprint density at radius 2 is 2.21 bits per heavy atom. The maximum atomic E-state index is 11.2. The van der Waals surface area contributed by atoms with Crippen molar-refractivity contribution in [3.63, 3.8) is 0 Å². The summed E-state index contributed by atoms with van der Waals surface area (Å²) in [5.74, 6) is 0. The van der Waals surface area contributed by atoms with Crippen LogP contribution in [0.3, 0.4) is 0 Å². The minimum absolute atomic E-state index is 0.00694. The lowest BCUT2D eigenvalue weighted by atomic mass is 10.2. The average Bonchev–Trinajstić information content (AvgIpc) is 2.53. The third-order valence-electron chi connectivity index (χ3n) is 1.72. The van der Waals surface area contributed by atoms with Crippen LogP contribution in [-0.2, 0) is 4.74 Å². The summed E-state index contributed by atoms with van der Waals surface area (Å²) in [7, 11) is 0. The van der Waals surface area contributed by atoms with Crippen LogP contribution >= 0.6 is 11.3 Å². The van der Waals surface area contributed by atoms with Crippen molar-refractivity contribution < 1.29 is 9.53 Å². The number of amides is 1. The van der Waals surface area contributed by atoms with E-state index < -0.39 is 0 Å². The van der Waals surface area contributed by atoms with E-state index in [9.17, 15) is 4.79 Å². The molecule has 0 aliphatic heterocycles. The number of thiophene rings is 1. The van der Waals surface area contributed by atoms with Crippen LogP contribution in [0.25, 0.3) is 0 Å². The number of ether oxygens (including phenoxy) is 1. The second-order valence-corrected chi connectivity index (χ2v) is 4.16. The van der Waals surface area contributed by atoms with Gasteiger partial charge in [0.05, 0.1) is 12.1 Å². The molecule has 0 aliphatic carbocycles. The Hall–Kier alpha value is -1.03. The Balaban J connectivity index is 2.41. The van der Waals surface area contributed by atoms with Crippen LogP contribution in [0.1, 0.15) is 32.4 Å². The van der Waals surface area contributed by atoms with Crippen molar-refractivity contribution in [3.05, 3.63) is 22.4 Å². The molecular weight excluding hydrogens is 198 g/mol.